The molecule has 0 saturated carbocycles. The van der Waals surface area contributed by atoms with Crippen molar-refractivity contribution in [1.29, 1.82) is 0 Å². The zero-order valence-electron chi connectivity index (χ0n) is 6.55. The van der Waals surface area contributed by atoms with Crippen molar-refractivity contribution in [2.75, 3.05) is 19.8 Å². The minimum absolute atomic E-state index is 0.0544. The average molecular weight is 145 g/mol. The van der Waals surface area contributed by atoms with Crippen molar-refractivity contribution < 1.29 is 9.84 Å². The quantitative estimate of drug-likeness (QED) is 0.534. The number of aliphatic hydroxyl groups excluding tert-OH is 1. The fourth-order valence-corrected chi connectivity index (χ4v) is 1.18. The molecule has 0 amide bonds. The molecule has 1 aliphatic rings. The third-order valence-electron chi connectivity index (χ3n) is 1.97. The first-order valence-corrected chi connectivity index (χ1v) is 3.64. The van der Waals surface area contributed by atoms with E-state index in [-0.39, 0.29) is 18.2 Å². The van der Waals surface area contributed by atoms with E-state index in [2.05, 4.69) is 5.32 Å². The van der Waals surface area contributed by atoms with E-state index in [1.165, 1.54) is 0 Å². The van der Waals surface area contributed by atoms with Crippen molar-refractivity contribution in [2.45, 2.75) is 25.5 Å². The maximum Gasteiger partial charge on any atom is 0.0981 e. The topological polar surface area (TPSA) is 41.5 Å². The third kappa shape index (κ3) is 1.48. The van der Waals surface area contributed by atoms with Gasteiger partial charge in [-0.1, -0.05) is 0 Å². The van der Waals surface area contributed by atoms with Crippen LogP contribution in [0.15, 0.2) is 0 Å². The van der Waals surface area contributed by atoms with Gasteiger partial charge in [-0.2, -0.15) is 0 Å². The van der Waals surface area contributed by atoms with E-state index in [4.69, 9.17) is 9.84 Å². The maximum absolute atomic E-state index is 8.86. The van der Waals surface area contributed by atoms with Gasteiger partial charge in [0.1, 0.15) is 0 Å². The molecule has 0 aromatic carbocycles. The predicted octanol–water partition coefficient (Wildman–Crippen LogP) is -0.254. The van der Waals surface area contributed by atoms with Crippen molar-refractivity contribution in [2.24, 2.45) is 0 Å². The zero-order chi connectivity index (χ0) is 7.61. The Labute approximate surface area is 61.4 Å². The highest BCUT2D eigenvalue weighted by molar-refractivity contribution is 4.89. The van der Waals surface area contributed by atoms with Gasteiger partial charge >= 0.3 is 0 Å². The molecule has 3 heteroatoms. The van der Waals surface area contributed by atoms with Crippen LogP contribution in [0.1, 0.15) is 13.8 Å². The molecule has 2 N–H and O–H groups in total. The molecule has 0 spiro atoms. The molecule has 3 nitrogen and oxygen atoms in total. The molecule has 1 saturated heterocycles. The van der Waals surface area contributed by atoms with Crippen LogP contribution < -0.4 is 5.32 Å². The van der Waals surface area contributed by atoms with Crippen LogP contribution >= 0.6 is 0 Å². The molecule has 1 aliphatic heterocycles. The number of morpholine rings is 1. The highest BCUT2D eigenvalue weighted by Crippen LogP contribution is 2.15. The predicted molar refractivity (Wildman–Crippen MR) is 38.9 cm³/mol. The van der Waals surface area contributed by atoms with E-state index in [9.17, 15) is 0 Å². The molecule has 1 atom stereocenters. The Balaban J connectivity index is 2.51. The molecule has 10 heavy (non-hydrogen) atoms. The van der Waals surface area contributed by atoms with Gasteiger partial charge in [-0.25, -0.2) is 0 Å². The van der Waals surface area contributed by atoms with Crippen molar-refractivity contribution in [3.63, 3.8) is 0 Å². The minimum atomic E-state index is -0.0764. The molecular weight excluding hydrogens is 130 g/mol. The number of hydrogen-bond acceptors (Lipinski definition) is 3. The number of hydrogen-bond donors (Lipinski definition) is 2. The Morgan fingerprint density at radius 1 is 1.70 bits per heavy atom. The number of aliphatic hydroxyl groups is 1. The summed E-state index contributed by atoms with van der Waals surface area (Å²) in [5.74, 6) is 0. The summed E-state index contributed by atoms with van der Waals surface area (Å²) >= 11 is 0. The van der Waals surface area contributed by atoms with E-state index in [1.807, 2.05) is 13.8 Å². The molecule has 1 heterocycles. The van der Waals surface area contributed by atoms with Crippen LogP contribution in [0.4, 0.5) is 0 Å². The standard InChI is InChI=1S/C7H15NO2/c1-7(2)6(5-9)10-4-3-8-7/h6,8-9H,3-5H2,1-2H3/t6-/m1/s1. The van der Waals surface area contributed by atoms with E-state index in [0.29, 0.717) is 6.61 Å². The van der Waals surface area contributed by atoms with Gasteiger partial charge in [0.2, 0.25) is 0 Å². The Morgan fingerprint density at radius 3 is 2.80 bits per heavy atom. The van der Waals surface area contributed by atoms with Crippen LogP contribution in [0.25, 0.3) is 0 Å². The van der Waals surface area contributed by atoms with Crippen molar-refractivity contribution in [3.8, 4) is 0 Å². The van der Waals surface area contributed by atoms with Gasteiger partial charge in [-0.15, -0.1) is 0 Å². The van der Waals surface area contributed by atoms with Gasteiger partial charge in [0.15, 0.2) is 0 Å². The minimum Gasteiger partial charge on any atom is -0.394 e. The molecule has 1 rings (SSSR count). The summed E-state index contributed by atoms with van der Waals surface area (Å²) in [6.07, 6.45) is -0.0544. The van der Waals surface area contributed by atoms with Crippen LogP contribution in [0.3, 0.4) is 0 Å². The Morgan fingerprint density at radius 2 is 2.40 bits per heavy atom. The third-order valence-corrected chi connectivity index (χ3v) is 1.97. The van der Waals surface area contributed by atoms with Crippen LogP contribution in [-0.4, -0.2) is 36.5 Å². The number of ether oxygens (including phenoxy) is 1. The van der Waals surface area contributed by atoms with Gasteiger partial charge in [0, 0.05) is 12.1 Å². The van der Waals surface area contributed by atoms with Crippen molar-refractivity contribution in [3.05, 3.63) is 0 Å². The first-order valence-electron chi connectivity index (χ1n) is 3.64. The van der Waals surface area contributed by atoms with Crippen LogP contribution in [0.2, 0.25) is 0 Å². The summed E-state index contributed by atoms with van der Waals surface area (Å²) in [4.78, 5) is 0. The summed E-state index contributed by atoms with van der Waals surface area (Å²) in [7, 11) is 0. The lowest BCUT2D eigenvalue weighted by molar-refractivity contribution is -0.0636. The first kappa shape index (κ1) is 7.98. The lowest BCUT2D eigenvalue weighted by Crippen LogP contribution is -2.57. The lowest BCUT2D eigenvalue weighted by atomic mass is 9.96. The fraction of sp³-hybridized carbons (Fsp3) is 1.00. The second kappa shape index (κ2) is 2.86. The van der Waals surface area contributed by atoms with E-state index < -0.39 is 0 Å². The Bertz CT molecular complexity index is 114. The molecule has 1 fully saturated rings. The second-order valence-electron chi connectivity index (χ2n) is 3.19. The van der Waals surface area contributed by atoms with E-state index in [0.717, 1.165) is 6.54 Å². The second-order valence-corrected chi connectivity index (χ2v) is 3.19. The fourth-order valence-electron chi connectivity index (χ4n) is 1.18. The summed E-state index contributed by atoms with van der Waals surface area (Å²) < 4.78 is 5.33. The highest BCUT2D eigenvalue weighted by Gasteiger charge is 2.31. The smallest absolute Gasteiger partial charge is 0.0981 e. The van der Waals surface area contributed by atoms with Crippen LogP contribution in [0.5, 0.6) is 0 Å². The van der Waals surface area contributed by atoms with Gasteiger partial charge in [0.05, 0.1) is 19.3 Å². The summed E-state index contributed by atoms with van der Waals surface area (Å²) in [5.41, 5.74) is -0.0764. The van der Waals surface area contributed by atoms with Crippen molar-refractivity contribution in [1.82, 2.24) is 5.32 Å². The normalized spacial score (nSPS) is 32.1. The Kier molecular flexibility index (Phi) is 2.28. The maximum atomic E-state index is 8.86. The highest BCUT2D eigenvalue weighted by atomic mass is 16.5. The number of nitrogens with one attached hydrogen (secondary N) is 1. The largest absolute Gasteiger partial charge is 0.394 e. The van der Waals surface area contributed by atoms with Gasteiger partial charge in [0.25, 0.3) is 0 Å². The first-order chi connectivity index (χ1) is 4.67. The molecule has 0 bridgehead atoms. The molecule has 0 aliphatic carbocycles. The molecule has 0 aromatic heterocycles. The van der Waals surface area contributed by atoms with E-state index in [1.54, 1.807) is 0 Å². The van der Waals surface area contributed by atoms with Gasteiger partial charge in [-0.3, -0.25) is 0 Å². The number of rotatable bonds is 1. The molecule has 0 radical (unpaired) electrons. The van der Waals surface area contributed by atoms with E-state index >= 15 is 0 Å². The lowest BCUT2D eigenvalue weighted by Gasteiger charge is -2.38. The summed E-state index contributed by atoms with van der Waals surface area (Å²) in [5, 5.41) is 12.1. The average Bonchev–Trinajstić information content (AvgIpc) is 1.87. The SMILES string of the molecule is CC1(C)NCCO[C@@H]1CO. The molecule has 0 unspecified atom stereocenters. The van der Waals surface area contributed by atoms with Crippen LogP contribution in [0, 0.1) is 0 Å². The van der Waals surface area contributed by atoms with Gasteiger partial charge < -0.3 is 15.2 Å². The summed E-state index contributed by atoms with van der Waals surface area (Å²) in [6, 6.07) is 0. The molecule has 60 valence electrons. The van der Waals surface area contributed by atoms with Crippen LogP contribution in [-0.2, 0) is 4.74 Å². The molecular formula is C7H15NO2. The van der Waals surface area contributed by atoms with Gasteiger partial charge in [-0.05, 0) is 13.8 Å². The Hall–Kier alpha value is -0.120. The monoisotopic (exact) mass is 145 g/mol. The zero-order valence-corrected chi connectivity index (χ0v) is 6.55. The summed E-state index contributed by atoms with van der Waals surface area (Å²) in [6.45, 7) is 5.75. The molecule has 0 aromatic rings. The van der Waals surface area contributed by atoms with Crippen molar-refractivity contribution >= 4 is 0 Å².